The second-order valence-electron chi connectivity index (χ2n) is 1.11. The molecule has 0 fully saturated rings. The maximum atomic E-state index is 8.28. The molecule has 0 N–H and O–H groups in total. The van der Waals surface area contributed by atoms with E-state index in [0.29, 0.717) is 16.2 Å². The molecule has 0 aliphatic carbocycles. The zero-order valence-electron chi connectivity index (χ0n) is 5.11. The van der Waals surface area contributed by atoms with E-state index in [2.05, 4.69) is 20.3 Å². The van der Waals surface area contributed by atoms with Crippen LogP contribution < -0.4 is 0 Å². The fourth-order valence-corrected chi connectivity index (χ4v) is 0.289. The molecule has 0 amide bonds. The van der Waals surface area contributed by atoms with Crippen molar-refractivity contribution in [1.82, 2.24) is 0 Å². The van der Waals surface area contributed by atoms with Crippen molar-refractivity contribution in [3.8, 4) is 0 Å². The van der Waals surface area contributed by atoms with Crippen molar-refractivity contribution in [3.63, 3.8) is 0 Å². The van der Waals surface area contributed by atoms with Gasteiger partial charge in [-0.2, -0.15) is 0 Å². The summed E-state index contributed by atoms with van der Waals surface area (Å²) in [5, 5.41) is 0. The molecule has 0 heterocycles. The molecule has 0 aromatic rings. The van der Waals surface area contributed by atoms with E-state index < -0.39 is 0 Å². The van der Waals surface area contributed by atoms with Gasteiger partial charge in [-0.1, -0.05) is 26.7 Å². The molecule has 0 aliphatic rings. The van der Waals surface area contributed by atoms with Gasteiger partial charge in [0.1, 0.15) is 0 Å². The average Bonchev–Trinajstić information content (AvgIpc) is 1.75. The third-order valence-electron chi connectivity index (χ3n) is 0.577. The van der Waals surface area contributed by atoms with Gasteiger partial charge in [0.2, 0.25) is 0 Å². The van der Waals surface area contributed by atoms with Crippen molar-refractivity contribution in [3.05, 3.63) is 6.42 Å². The maximum absolute atomic E-state index is 8.28. The molecule has 0 saturated carbocycles. The van der Waals surface area contributed by atoms with Crippen LogP contribution in [-0.2, 0) is 3.80 Å². The fraction of sp³-hybridized carbons (Fsp3) is 0.800. The Balaban J connectivity index is 0. The number of hydrogen-bond donors (Lipinski definition) is 0. The summed E-state index contributed by atoms with van der Waals surface area (Å²) in [5.74, 6) is 0. The Morgan fingerprint density at radius 2 is 1.57 bits per heavy atom. The van der Waals surface area contributed by atoms with Crippen molar-refractivity contribution in [2.45, 2.75) is 26.7 Å². The molecule has 0 aromatic carbocycles. The van der Waals surface area contributed by atoms with Crippen LogP contribution in [0.15, 0.2) is 0 Å². The Labute approximate surface area is 53.7 Å². The van der Waals surface area contributed by atoms with E-state index in [1.54, 1.807) is 0 Å². The van der Waals surface area contributed by atoms with Gasteiger partial charge in [-0.05, 0) is 6.42 Å². The average molecular weight is 115 g/mol. The Hall–Kier alpha value is 0.332. The predicted octanol–water partition coefficient (Wildman–Crippen LogP) is 1.24. The van der Waals surface area contributed by atoms with Crippen LogP contribution in [0.2, 0.25) is 0 Å². The molecule has 7 heavy (non-hydrogen) atoms. The van der Waals surface area contributed by atoms with Crippen LogP contribution in [0.4, 0.5) is 0 Å². The summed E-state index contributed by atoms with van der Waals surface area (Å²) in [7, 11) is 0. The quantitative estimate of drug-likeness (QED) is 0.495. The van der Waals surface area contributed by atoms with Gasteiger partial charge in [0.05, 0.1) is 0 Å². The molecular weight excluding hydrogens is 103 g/mol. The first-order valence-electron chi connectivity index (χ1n) is 2.52. The van der Waals surface area contributed by atoms with Gasteiger partial charge in [0.25, 0.3) is 0 Å². The molecule has 0 aliphatic heterocycles. The third-order valence-corrected chi connectivity index (χ3v) is 0.577. The molecule has 0 spiro atoms. The molecule has 0 aromatic heterocycles. The van der Waals surface area contributed by atoms with E-state index >= 15 is 0 Å². The molecule has 41 valence electrons. The number of hydrogen-bond acceptors (Lipinski definition) is 1. The van der Waals surface area contributed by atoms with Crippen LogP contribution in [0.1, 0.15) is 26.7 Å². The molecule has 1 radical (unpaired) electrons. The standard InChI is InChI=1S/C5H11.Al.O.H/c1-3-5-4-2;;;/h5H,3-4H2,1-2H3;;;. The SMILES string of the molecule is CC[CH]CC.[O]=[AlH]. The fourth-order valence-electron chi connectivity index (χ4n) is 0.289. The zero-order valence-corrected chi connectivity index (χ0v) is 6.52. The second-order valence-corrected chi connectivity index (χ2v) is 1.11. The summed E-state index contributed by atoms with van der Waals surface area (Å²) in [6, 6.07) is 0. The minimum absolute atomic E-state index is 0.611. The summed E-state index contributed by atoms with van der Waals surface area (Å²) in [6.07, 6.45) is 4.69. The van der Waals surface area contributed by atoms with Crippen molar-refractivity contribution in [2.75, 3.05) is 0 Å². The van der Waals surface area contributed by atoms with E-state index in [4.69, 9.17) is 3.80 Å². The van der Waals surface area contributed by atoms with Crippen molar-refractivity contribution in [1.29, 1.82) is 0 Å². The number of rotatable bonds is 2. The van der Waals surface area contributed by atoms with Gasteiger partial charge in [-0.15, -0.1) is 0 Å². The predicted molar refractivity (Wildman–Crippen MR) is 32.7 cm³/mol. The summed E-state index contributed by atoms with van der Waals surface area (Å²) in [5.41, 5.74) is 0. The van der Waals surface area contributed by atoms with Crippen LogP contribution >= 0.6 is 0 Å². The van der Waals surface area contributed by atoms with Gasteiger partial charge in [-0.25, -0.2) is 0 Å². The van der Waals surface area contributed by atoms with Gasteiger partial charge in [0.15, 0.2) is 0 Å². The van der Waals surface area contributed by atoms with Crippen LogP contribution in [0.25, 0.3) is 0 Å². The van der Waals surface area contributed by atoms with Crippen molar-refractivity contribution in [2.24, 2.45) is 0 Å². The minimum atomic E-state index is 0.611. The van der Waals surface area contributed by atoms with Gasteiger partial charge >= 0.3 is 20.0 Å². The van der Waals surface area contributed by atoms with Crippen LogP contribution in [0.5, 0.6) is 0 Å². The Kier molecular flexibility index (Phi) is 24.0. The summed E-state index contributed by atoms with van der Waals surface area (Å²) in [4.78, 5) is 0. The summed E-state index contributed by atoms with van der Waals surface area (Å²) >= 11 is 0.611. The first-order valence-corrected chi connectivity index (χ1v) is 3.10. The molecule has 2 heteroatoms. The molecular formula is C5H12AlO. The summed E-state index contributed by atoms with van der Waals surface area (Å²) in [6.45, 7) is 4.31. The Bertz CT molecular complexity index is 22.0. The Morgan fingerprint density at radius 3 is 1.57 bits per heavy atom. The zero-order chi connectivity index (χ0) is 6.12. The van der Waals surface area contributed by atoms with E-state index in [0.717, 1.165) is 0 Å². The molecule has 1 nitrogen and oxygen atoms in total. The monoisotopic (exact) mass is 115 g/mol. The molecule has 0 bridgehead atoms. The van der Waals surface area contributed by atoms with Gasteiger partial charge < -0.3 is 0 Å². The molecule has 0 saturated heterocycles. The van der Waals surface area contributed by atoms with Crippen LogP contribution in [0.3, 0.4) is 0 Å². The second kappa shape index (κ2) is 16.2. The van der Waals surface area contributed by atoms with Gasteiger partial charge in [0, 0.05) is 0 Å². The van der Waals surface area contributed by atoms with E-state index in [1.165, 1.54) is 12.8 Å². The molecule has 0 rings (SSSR count). The van der Waals surface area contributed by atoms with Gasteiger partial charge in [-0.3, -0.25) is 0 Å². The van der Waals surface area contributed by atoms with Crippen molar-refractivity contribution < 1.29 is 3.80 Å². The topological polar surface area (TPSA) is 17.1 Å². The van der Waals surface area contributed by atoms with E-state index in [9.17, 15) is 0 Å². The molecule has 0 atom stereocenters. The molecule has 0 unspecified atom stereocenters. The van der Waals surface area contributed by atoms with E-state index in [1.807, 2.05) is 0 Å². The first-order chi connectivity index (χ1) is 3.41. The van der Waals surface area contributed by atoms with Crippen LogP contribution in [0, 0.1) is 6.42 Å². The normalized spacial score (nSPS) is 6.43. The van der Waals surface area contributed by atoms with E-state index in [-0.39, 0.29) is 0 Å². The Morgan fingerprint density at radius 1 is 1.29 bits per heavy atom. The third kappa shape index (κ3) is 21.8. The van der Waals surface area contributed by atoms with Crippen LogP contribution in [-0.4, -0.2) is 16.2 Å². The van der Waals surface area contributed by atoms with Crippen molar-refractivity contribution >= 4 is 16.2 Å². The number of unbranched alkanes of at least 4 members (excludes halogenated alkanes) is 2. The summed E-state index contributed by atoms with van der Waals surface area (Å²) < 4.78 is 8.28. The first kappa shape index (κ1) is 10.3.